The molecule has 0 aliphatic carbocycles. The minimum absolute atomic E-state index is 0.0891. The zero-order chi connectivity index (χ0) is 15.5. The van der Waals surface area contributed by atoms with E-state index in [4.69, 9.17) is 4.74 Å². The number of methoxy groups -OCH3 is 1. The lowest BCUT2D eigenvalue weighted by Crippen LogP contribution is -2.23. The summed E-state index contributed by atoms with van der Waals surface area (Å²) in [5, 5.41) is 0. The van der Waals surface area contributed by atoms with E-state index in [2.05, 4.69) is 16.0 Å². The fourth-order valence-electron chi connectivity index (χ4n) is 3.26. The predicted octanol–water partition coefficient (Wildman–Crippen LogP) is 3.56. The van der Waals surface area contributed by atoms with Crippen molar-refractivity contribution in [2.45, 2.75) is 32.4 Å². The van der Waals surface area contributed by atoms with Crippen LogP contribution in [0.1, 0.15) is 47.4 Å². The maximum Gasteiger partial charge on any atom is 0.159 e. The van der Waals surface area contributed by atoms with Crippen LogP contribution in [0.25, 0.3) is 0 Å². The van der Waals surface area contributed by atoms with E-state index in [9.17, 15) is 4.79 Å². The lowest BCUT2D eigenvalue weighted by atomic mass is 10.1. The first-order valence-corrected chi connectivity index (χ1v) is 7.74. The molecule has 1 aliphatic rings. The van der Waals surface area contributed by atoms with Gasteiger partial charge in [-0.05, 0) is 56.6 Å². The summed E-state index contributed by atoms with van der Waals surface area (Å²) in [5.74, 6) is 0.938. The topological polar surface area (TPSA) is 45.3 Å². The molecule has 1 saturated heterocycles. The largest absolute Gasteiger partial charge is 0.496 e. The molecule has 2 aromatic rings. The van der Waals surface area contributed by atoms with E-state index >= 15 is 0 Å². The van der Waals surface area contributed by atoms with Gasteiger partial charge in [0.1, 0.15) is 5.75 Å². The number of ether oxygens (including phenoxy) is 1. The smallest absolute Gasteiger partial charge is 0.159 e. The number of Topliss-reactive ketones (excluding diaryl/α,β-unsaturated/α-hetero) is 1. The summed E-state index contributed by atoms with van der Waals surface area (Å²) in [7, 11) is 1.68. The van der Waals surface area contributed by atoms with Crippen molar-refractivity contribution in [3.8, 4) is 5.75 Å². The number of ketones is 1. The third-order valence-corrected chi connectivity index (χ3v) is 4.41. The zero-order valence-corrected chi connectivity index (χ0v) is 13.1. The number of rotatable bonds is 5. The van der Waals surface area contributed by atoms with Crippen LogP contribution in [0.5, 0.6) is 5.75 Å². The molecule has 116 valence electrons. The number of nitrogens with one attached hydrogen (secondary N) is 1. The molecule has 0 unspecified atom stereocenters. The number of carbonyl (C=O) groups is 1. The molecule has 1 aliphatic heterocycles. The van der Waals surface area contributed by atoms with E-state index < -0.39 is 0 Å². The Morgan fingerprint density at radius 3 is 2.95 bits per heavy atom. The Balaban J connectivity index is 1.85. The fourth-order valence-corrected chi connectivity index (χ4v) is 3.26. The van der Waals surface area contributed by atoms with Gasteiger partial charge in [0.05, 0.1) is 13.2 Å². The third kappa shape index (κ3) is 2.92. The van der Waals surface area contributed by atoms with Crippen LogP contribution in [0.15, 0.2) is 36.5 Å². The minimum atomic E-state index is 0.0891. The number of hydrogen-bond donors (Lipinski definition) is 1. The van der Waals surface area contributed by atoms with E-state index in [0.29, 0.717) is 6.04 Å². The van der Waals surface area contributed by atoms with E-state index in [-0.39, 0.29) is 5.78 Å². The molecule has 0 radical (unpaired) electrons. The maximum absolute atomic E-state index is 11.6. The Bertz CT molecular complexity index is 649. The van der Waals surface area contributed by atoms with E-state index in [1.165, 1.54) is 12.1 Å². The number of aromatic nitrogens is 1. The fraction of sp³-hybridized carbons (Fsp3) is 0.389. The molecule has 2 heterocycles. The molecule has 22 heavy (non-hydrogen) atoms. The molecule has 1 fully saturated rings. The molecule has 0 amide bonds. The van der Waals surface area contributed by atoms with Gasteiger partial charge in [-0.2, -0.15) is 0 Å². The number of aromatic amines is 1. The van der Waals surface area contributed by atoms with Gasteiger partial charge in [-0.3, -0.25) is 9.69 Å². The monoisotopic (exact) mass is 298 g/mol. The van der Waals surface area contributed by atoms with Gasteiger partial charge in [0.2, 0.25) is 0 Å². The summed E-state index contributed by atoms with van der Waals surface area (Å²) in [4.78, 5) is 17.4. The molecular formula is C18H22N2O2. The van der Waals surface area contributed by atoms with Crippen LogP contribution in [0.3, 0.4) is 0 Å². The normalized spacial score (nSPS) is 18.5. The van der Waals surface area contributed by atoms with Gasteiger partial charge in [0.15, 0.2) is 5.78 Å². The van der Waals surface area contributed by atoms with Gasteiger partial charge in [-0.15, -0.1) is 0 Å². The van der Waals surface area contributed by atoms with Crippen LogP contribution in [-0.2, 0) is 6.54 Å². The molecule has 1 N–H and O–H groups in total. The van der Waals surface area contributed by atoms with Crippen molar-refractivity contribution < 1.29 is 9.53 Å². The average Bonchev–Trinajstić information content (AvgIpc) is 3.17. The average molecular weight is 298 g/mol. The molecule has 3 rings (SSSR count). The summed E-state index contributed by atoms with van der Waals surface area (Å²) >= 11 is 0. The molecule has 0 bridgehead atoms. The summed E-state index contributed by atoms with van der Waals surface area (Å²) in [6.45, 7) is 3.47. The highest BCUT2D eigenvalue weighted by molar-refractivity contribution is 5.94. The number of H-pyrrole nitrogens is 1. The summed E-state index contributed by atoms with van der Waals surface area (Å²) in [5.41, 5.74) is 3.08. The van der Waals surface area contributed by atoms with Crippen LogP contribution in [0.2, 0.25) is 0 Å². The third-order valence-electron chi connectivity index (χ3n) is 4.41. The standard InChI is InChI=1S/C18H22N2O2/c1-13(21)14-7-8-18(22-2)15(11-14)12-20-10-4-6-17(20)16-5-3-9-19-16/h3,5,7-9,11,17,19H,4,6,10,12H2,1-2H3/t17-/m0/s1. The minimum Gasteiger partial charge on any atom is -0.496 e. The SMILES string of the molecule is COc1ccc(C(C)=O)cc1CN1CCC[C@H]1c1ccc[nH]1. The quantitative estimate of drug-likeness (QED) is 0.858. The molecule has 1 aromatic carbocycles. The summed E-state index contributed by atoms with van der Waals surface area (Å²) in [6.07, 6.45) is 4.33. The van der Waals surface area contributed by atoms with Crippen molar-refractivity contribution in [3.63, 3.8) is 0 Å². The van der Waals surface area contributed by atoms with E-state index in [1.807, 2.05) is 30.5 Å². The van der Waals surface area contributed by atoms with Crippen LogP contribution < -0.4 is 4.74 Å². The maximum atomic E-state index is 11.6. The number of benzene rings is 1. The van der Waals surface area contributed by atoms with Crippen molar-refractivity contribution in [2.75, 3.05) is 13.7 Å². The lowest BCUT2D eigenvalue weighted by molar-refractivity contribution is 0.101. The van der Waals surface area contributed by atoms with Gasteiger partial charge in [-0.25, -0.2) is 0 Å². The summed E-state index contributed by atoms with van der Waals surface area (Å²) in [6, 6.07) is 10.3. The number of likely N-dealkylation sites (tertiary alicyclic amines) is 1. The molecule has 4 nitrogen and oxygen atoms in total. The molecule has 0 saturated carbocycles. The van der Waals surface area contributed by atoms with Gasteiger partial charge < -0.3 is 9.72 Å². The van der Waals surface area contributed by atoms with Crippen molar-refractivity contribution in [1.29, 1.82) is 0 Å². The van der Waals surface area contributed by atoms with Crippen LogP contribution in [0, 0.1) is 0 Å². The van der Waals surface area contributed by atoms with Crippen molar-refractivity contribution in [2.24, 2.45) is 0 Å². The van der Waals surface area contributed by atoms with E-state index in [0.717, 1.165) is 36.4 Å². The second kappa shape index (κ2) is 6.36. The van der Waals surface area contributed by atoms with Gasteiger partial charge in [0.25, 0.3) is 0 Å². The van der Waals surface area contributed by atoms with Gasteiger partial charge >= 0.3 is 0 Å². The van der Waals surface area contributed by atoms with E-state index in [1.54, 1.807) is 14.0 Å². The first-order valence-electron chi connectivity index (χ1n) is 7.74. The van der Waals surface area contributed by atoms with Crippen molar-refractivity contribution in [1.82, 2.24) is 9.88 Å². The molecule has 4 heteroatoms. The lowest BCUT2D eigenvalue weighted by Gasteiger charge is -2.24. The first-order chi connectivity index (χ1) is 10.7. The highest BCUT2D eigenvalue weighted by atomic mass is 16.5. The number of hydrogen-bond acceptors (Lipinski definition) is 3. The van der Waals surface area contributed by atoms with Crippen LogP contribution in [-0.4, -0.2) is 29.3 Å². The predicted molar refractivity (Wildman–Crippen MR) is 86.2 cm³/mol. The second-order valence-corrected chi connectivity index (χ2v) is 5.84. The summed E-state index contributed by atoms with van der Waals surface area (Å²) < 4.78 is 5.47. The number of carbonyl (C=O) groups excluding carboxylic acids is 1. The molecule has 1 aromatic heterocycles. The van der Waals surface area contributed by atoms with Crippen LogP contribution in [0.4, 0.5) is 0 Å². The molecule has 0 spiro atoms. The Morgan fingerprint density at radius 1 is 1.41 bits per heavy atom. The molecular weight excluding hydrogens is 276 g/mol. The van der Waals surface area contributed by atoms with Crippen molar-refractivity contribution >= 4 is 5.78 Å². The number of nitrogens with zero attached hydrogens (tertiary/aromatic N) is 1. The van der Waals surface area contributed by atoms with Gasteiger partial charge in [0, 0.05) is 29.6 Å². The highest BCUT2D eigenvalue weighted by Crippen LogP contribution is 2.34. The highest BCUT2D eigenvalue weighted by Gasteiger charge is 2.27. The second-order valence-electron chi connectivity index (χ2n) is 5.84. The first kappa shape index (κ1) is 14.9. The van der Waals surface area contributed by atoms with Crippen LogP contribution >= 0.6 is 0 Å². The Morgan fingerprint density at radius 2 is 2.27 bits per heavy atom. The Labute approximate surface area is 131 Å². The zero-order valence-electron chi connectivity index (χ0n) is 13.1. The Hall–Kier alpha value is -2.07. The molecule has 1 atom stereocenters. The van der Waals surface area contributed by atoms with Gasteiger partial charge in [-0.1, -0.05) is 0 Å². The van der Waals surface area contributed by atoms with Crippen molar-refractivity contribution in [3.05, 3.63) is 53.3 Å². The Kier molecular flexibility index (Phi) is 4.29.